The number of aliphatic hydroxyl groups is 2. The minimum atomic E-state index is -0.627. The van der Waals surface area contributed by atoms with E-state index in [-0.39, 0.29) is 30.3 Å². The van der Waals surface area contributed by atoms with Gasteiger partial charge in [-0.3, -0.25) is 0 Å². The van der Waals surface area contributed by atoms with Crippen LogP contribution in [0.5, 0.6) is 0 Å². The molecule has 0 spiro atoms. The zero-order valence-electron chi connectivity index (χ0n) is 30.6. The molecule has 2 N–H and O–H groups in total. The second-order valence-corrected chi connectivity index (χ2v) is 17.3. The summed E-state index contributed by atoms with van der Waals surface area (Å²) in [4.78, 5) is 24.2. The Kier molecular flexibility index (Phi) is 13.7. The second kappa shape index (κ2) is 16.8. The number of aliphatic hydroxyl groups excluding tert-OH is 2. The van der Waals surface area contributed by atoms with Crippen molar-refractivity contribution in [2.24, 2.45) is 64.1 Å². The van der Waals surface area contributed by atoms with E-state index in [2.05, 4.69) is 47.8 Å². The summed E-state index contributed by atoms with van der Waals surface area (Å²) in [6, 6.07) is 0. The van der Waals surface area contributed by atoms with Gasteiger partial charge in [0.2, 0.25) is 0 Å². The van der Waals surface area contributed by atoms with Crippen LogP contribution in [-0.2, 0) is 19.1 Å². The maximum absolute atomic E-state index is 12.1. The van der Waals surface area contributed by atoms with Crippen LogP contribution in [0.25, 0.3) is 0 Å². The van der Waals surface area contributed by atoms with E-state index < -0.39 is 25.2 Å². The van der Waals surface area contributed by atoms with E-state index in [0.717, 1.165) is 66.6 Å². The van der Waals surface area contributed by atoms with Crippen molar-refractivity contribution in [1.82, 2.24) is 0 Å². The van der Waals surface area contributed by atoms with Gasteiger partial charge >= 0.3 is 11.9 Å². The fourth-order valence-electron chi connectivity index (χ4n) is 11.3. The van der Waals surface area contributed by atoms with Crippen molar-refractivity contribution in [2.45, 2.75) is 131 Å². The summed E-state index contributed by atoms with van der Waals surface area (Å²) in [5.74, 6) is 5.48. The minimum Gasteiger partial charge on any atom is -0.462 e. The van der Waals surface area contributed by atoms with Gasteiger partial charge in [-0.2, -0.15) is 0 Å². The number of hydrogen-bond donors (Lipinski definition) is 2. The molecule has 0 aromatic rings. The highest BCUT2D eigenvalue weighted by molar-refractivity contribution is 5.88. The van der Waals surface area contributed by atoms with Crippen LogP contribution in [0.4, 0.5) is 0 Å². The number of esters is 2. The molecule has 9 atom stereocenters. The van der Waals surface area contributed by atoms with Crippen LogP contribution in [0.1, 0.15) is 131 Å². The van der Waals surface area contributed by atoms with Crippen LogP contribution in [0.2, 0.25) is 0 Å². The summed E-state index contributed by atoms with van der Waals surface area (Å²) in [6.45, 7) is 19.1. The highest BCUT2D eigenvalue weighted by Crippen LogP contribution is 2.68. The van der Waals surface area contributed by atoms with Gasteiger partial charge in [-0.1, -0.05) is 79.9 Å². The predicted molar refractivity (Wildman–Crippen MR) is 188 cm³/mol. The quantitative estimate of drug-likeness (QED) is 0.120. The lowest BCUT2D eigenvalue weighted by Gasteiger charge is -2.61. The number of rotatable bonds is 17. The third-order valence-electron chi connectivity index (χ3n) is 14.1. The molecule has 0 aliphatic heterocycles. The third-order valence-corrected chi connectivity index (χ3v) is 14.1. The zero-order valence-corrected chi connectivity index (χ0v) is 30.6. The topological polar surface area (TPSA) is 93.1 Å². The standard InChI is InChI=1S/C41H68O6/c1-27(2)10-8-11-28(3)35-16-17-36-34-15-14-33-22-31(18-20-40(33,6)37(34)19-21-41(35,36)7)12-9-13-32(25-46-38(44)29(4)23-42)26-47-39(45)30(5)24-43/h27-28,31-37,42-43H,4-5,8-26H2,1-3,6-7H3/t28-,31+,33?,34+,35-,36?,37?,40+,41-/m1/s1. The van der Waals surface area contributed by atoms with Crippen LogP contribution in [-0.4, -0.2) is 48.6 Å². The third kappa shape index (κ3) is 8.93. The maximum atomic E-state index is 12.1. The van der Waals surface area contributed by atoms with E-state index in [1.807, 2.05) is 0 Å². The van der Waals surface area contributed by atoms with E-state index in [0.29, 0.717) is 10.8 Å². The van der Waals surface area contributed by atoms with Crippen molar-refractivity contribution >= 4 is 11.9 Å². The summed E-state index contributed by atoms with van der Waals surface area (Å²) in [5, 5.41) is 18.4. The Morgan fingerprint density at radius 1 is 0.766 bits per heavy atom. The Hall–Kier alpha value is -1.66. The first-order valence-corrected chi connectivity index (χ1v) is 19.2. The molecule has 0 bridgehead atoms. The molecule has 4 rings (SSSR count). The average Bonchev–Trinajstić information content (AvgIpc) is 3.41. The molecule has 47 heavy (non-hydrogen) atoms. The number of fused-ring (bicyclic) bond motifs is 5. The van der Waals surface area contributed by atoms with Gasteiger partial charge < -0.3 is 19.7 Å². The molecule has 6 heteroatoms. The van der Waals surface area contributed by atoms with Crippen molar-refractivity contribution in [3.63, 3.8) is 0 Å². The van der Waals surface area contributed by atoms with Crippen LogP contribution >= 0.6 is 0 Å². The lowest BCUT2D eigenvalue weighted by atomic mass is 9.44. The summed E-state index contributed by atoms with van der Waals surface area (Å²) in [6.07, 6.45) is 19.7. The van der Waals surface area contributed by atoms with Crippen molar-refractivity contribution in [2.75, 3.05) is 26.4 Å². The van der Waals surface area contributed by atoms with Crippen LogP contribution < -0.4 is 0 Å². The van der Waals surface area contributed by atoms with E-state index >= 15 is 0 Å². The predicted octanol–water partition coefficient (Wildman–Crippen LogP) is 8.69. The lowest BCUT2D eigenvalue weighted by molar-refractivity contribution is -0.144. The molecule has 0 radical (unpaired) electrons. The van der Waals surface area contributed by atoms with E-state index in [4.69, 9.17) is 9.47 Å². The van der Waals surface area contributed by atoms with Gasteiger partial charge in [-0.25, -0.2) is 9.59 Å². The highest BCUT2D eigenvalue weighted by Gasteiger charge is 2.60. The minimum absolute atomic E-state index is 0.0105. The Morgan fingerprint density at radius 2 is 1.38 bits per heavy atom. The fraction of sp³-hybridized carbons (Fsp3) is 0.854. The molecule has 6 nitrogen and oxygen atoms in total. The Bertz CT molecular complexity index is 1050. The molecule has 0 amide bonds. The molecular formula is C41H68O6. The normalized spacial score (nSPS) is 33.9. The molecule has 4 saturated carbocycles. The first-order valence-electron chi connectivity index (χ1n) is 19.2. The zero-order chi connectivity index (χ0) is 34.4. The van der Waals surface area contributed by atoms with Gasteiger partial charge in [-0.15, -0.1) is 0 Å². The summed E-state index contributed by atoms with van der Waals surface area (Å²) >= 11 is 0. The molecule has 4 aliphatic carbocycles. The second-order valence-electron chi connectivity index (χ2n) is 17.3. The Morgan fingerprint density at radius 3 is 2.00 bits per heavy atom. The van der Waals surface area contributed by atoms with Gasteiger partial charge in [0, 0.05) is 5.92 Å². The summed E-state index contributed by atoms with van der Waals surface area (Å²) < 4.78 is 10.7. The number of ether oxygens (including phenoxy) is 2. The molecular weight excluding hydrogens is 588 g/mol. The van der Waals surface area contributed by atoms with Crippen LogP contribution in [0.3, 0.4) is 0 Å². The number of carbonyl (C=O) groups excluding carboxylic acids is 2. The van der Waals surface area contributed by atoms with Gasteiger partial charge in [0.1, 0.15) is 0 Å². The van der Waals surface area contributed by atoms with Crippen molar-refractivity contribution < 1.29 is 29.3 Å². The Labute approximate surface area is 286 Å². The Balaban J connectivity index is 1.29. The maximum Gasteiger partial charge on any atom is 0.335 e. The van der Waals surface area contributed by atoms with Gasteiger partial charge in [0.25, 0.3) is 0 Å². The van der Waals surface area contributed by atoms with Gasteiger partial charge in [0.15, 0.2) is 0 Å². The molecule has 0 heterocycles. The van der Waals surface area contributed by atoms with Crippen molar-refractivity contribution in [3.8, 4) is 0 Å². The largest absolute Gasteiger partial charge is 0.462 e. The molecule has 268 valence electrons. The molecule has 4 fully saturated rings. The number of hydrogen-bond acceptors (Lipinski definition) is 6. The summed E-state index contributed by atoms with van der Waals surface area (Å²) in [7, 11) is 0. The van der Waals surface area contributed by atoms with E-state index in [9.17, 15) is 19.8 Å². The number of carbonyl (C=O) groups is 2. The van der Waals surface area contributed by atoms with E-state index in [1.54, 1.807) is 0 Å². The summed E-state index contributed by atoms with van der Waals surface area (Å²) in [5.41, 5.74) is 1.05. The average molecular weight is 657 g/mol. The molecule has 4 aliphatic rings. The van der Waals surface area contributed by atoms with E-state index in [1.165, 1.54) is 77.0 Å². The van der Waals surface area contributed by atoms with Gasteiger partial charge in [0.05, 0.1) is 37.6 Å². The fourth-order valence-corrected chi connectivity index (χ4v) is 11.3. The van der Waals surface area contributed by atoms with Crippen LogP contribution in [0, 0.1) is 64.1 Å². The van der Waals surface area contributed by atoms with Crippen molar-refractivity contribution in [3.05, 3.63) is 24.3 Å². The van der Waals surface area contributed by atoms with Gasteiger partial charge in [-0.05, 0) is 122 Å². The molecule has 3 unspecified atom stereocenters. The first kappa shape index (κ1) is 38.1. The smallest absolute Gasteiger partial charge is 0.335 e. The van der Waals surface area contributed by atoms with Crippen LogP contribution in [0.15, 0.2) is 24.3 Å². The lowest BCUT2D eigenvalue weighted by Crippen LogP contribution is -2.53. The SMILES string of the molecule is C=C(CO)C(=O)OCC(CCC[C@H]1CC[C@@]2(C)C(CC[C@@H]3C2CC[C@@]2(C)C3CC[C@@H]2[C@H](C)CCCC(C)C)C1)COC(=O)C(=C)CO. The highest BCUT2D eigenvalue weighted by atomic mass is 16.5. The first-order chi connectivity index (χ1) is 22.3. The molecule has 0 aromatic carbocycles. The monoisotopic (exact) mass is 657 g/mol. The molecule has 0 saturated heterocycles. The van der Waals surface area contributed by atoms with Crippen molar-refractivity contribution in [1.29, 1.82) is 0 Å². The molecule has 0 aromatic heterocycles.